The van der Waals surface area contributed by atoms with Gasteiger partial charge in [0.15, 0.2) is 0 Å². The molecule has 0 radical (unpaired) electrons. The number of aryl methyl sites for hydroxylation is 1. The molecule has 0 unspecified atom stereocenters. The number of benzene rings is 1. The molecule has 0 fully saturated rings. The zero-order chi connectivity index (χ0) is 13.9. The van der Waals surface area contributed by atoms with Gasteiger partial charge in [0.2, 0.25) is 0 Å². The highest BCUT2D eigenvalue weighted by Crippen LogP contribution is 2.13. The predicted molar refractivity (Wildman–Crippen MR) is 76.2 cm³/mol. The molecule has 0 aliphatic carbocycles. The average Bonchev–Trinajstić information content (AvgIpc) is 2.85. The first-order chi connectivity index (χ1) is 9.72. The minimum Gasteiger partial charge on any atom is -0.346 e. The van der Waals surface area contributed by atoms with Crippen molar-refractivity contribution < 1.29 is 4.79 Å². The number of amides is 1. The van der Waals surface area contributed by atoms with E-state index in [1.165, 1.54) is 0 Å². The molecule has 1 amide bonds. The van der Waals surface area contributed by atoms with Crippen LogP contribution in [-0.2, 0) is 6.54 Å². The number of nitrogens with one attached hydrogen (secondary N) is 2. The Balaban J connectivity index is 1.75. The van der Waals surface area contributed by atoms with Crippen molar-refractivity contribution in [1.82, 2.24) is 20.3 Å². The van der Waals surface area contributed by atoms with Crippen molar-refractivity contribution in [2.24, 2.45) is 0 Å². The quantitative estimate of drug-likeness (QED) is 0.763. The minimum atomic E-state index is -0.127. The molecule has 3 aromatic rings. The maximum atomic E-state index is 12.1. The molecule has 5 heteroatoms. The third-order valence-corrected chi connectivity index (χ3v) is 3.02. The molecule has 0 bridgehead atoms. The number of imidazole rings is 1. The second-order valence-corrected chi connectivity index (χ2v) is 4.56. The summed E-state index contributed by atoms with van der Waals surface area (Å²) in [6, 6.07) is 11.1. The summed E-state index contributed by atoms with van der Waals surface area (Å²) >= 11 is 0. The number of nitrogens with zero attached hydrogens (tertiary/aromatic N) is 2. The van der Waals surface area contributed by atoms with Crippen LogP contribution in [0.15, 0.2) is 42.6 Å². The smallest absolute Gasteiger partial charge is 0.251 e. The van der Waals surface area contributed by atoms with E-state index in [0.717, 1.165) is 22.6 Å². The first-order valence-electron chi connectivity index (χ1n) is 6.37. The number of pyridine rings is 1. The number of hydrogen-bond acceptors (Lipinski definition) is 3. The number of carbonyl (C=O) groups is 1. The van der Waals surface area contributed by atoms with Gasteiger partial charge in [-0.1, -0.05) is 6.07 Å². The fraction of sp³-hybridized carbons (Fsp3) is 0.133. The van der Waals surface area contributed by atoms with Gasteiger partial charge in [0.25, 0.3) is 5.91 Å². The molecule has 1 aromatic carbocycles. The molecule has 0 atom stereocenters. The van der Waals surface area contributed by atoms with Crippen molar-refractivity contribution in [3.05, 3.63) is 59.7 Å². The van der Waals surface area contributed by atoms with Crippen LogP contribution in [0.25, 0.3) is 11.0 Å². The highest BCUT2D eigenvalue weighted by molar-refractivity contribution is 5.97. The van der Waals surface area contributed by atoms with E-state index < -0.39 is 0 Å². The Morgan fingerprint density at radius 3 is 3.00 bits per heavy atom. The van der Waals surface area contributed by atoms with E-state index in [9.17, 15) is 4.79 Å². The summed E-state index contributed by atoms with van der Waals surface area (Å²) in [5, 5.41) is 2.85. The Hall–Kier alpha value is -2.69. The molecule has 0 spiro atoms. The third kappa shape index (κ3) is 2.51. The molecule has 2 N–H and O–H groups in total. The Morgan fingerprint density at radius 1 is 1.30 bits per heavy atom. The van der Waals surface area contributed by atoms with Crippen LogP contribution >= 0.6 is 0 Å². The molecular weight excluding hydrogens is 252 g/mol. The maximum Gasteiger partial charge on any atom is 0.251 e. The molecule has 100 valence electrons. The van der Waals surface area contributed by atoms with Crippen LogP contribution in [-0.4, -0.2) is 20.9 Å². The zero-order valence-corrected chi connectivity index (χ0v) is 11.1. The van der Waals surface area contributed by atoms with Crippen LogP contribution in [0, 0.1) is 6.92 Å². The van der Waals surface area contributed by atoms with Gasteiger partial charge < -0.3 is 10.3 Å². The lowest BCUT2D eigenvalue weighted by Gasteiger charge is -2.04. The first-order valence-corrected chi connectivity index (χ1v) is 6.37. The highest BCUT2D eigenvalue weighted by Gasteiger charge is 2.08. The molecule has 5 nitrogen and oxygen atoms in total. The topological polar surface area (TPSA) is 70.7 Å². The van der Waals surface area contributed by atoms with Gasteiger partial charge in [-0.15, -0.1) is 0 Å². The van der Waals surface area contributed by atoms with Gasteiger partial charge in [-0.3, -0.25) is 9.78 Å². The Labute approximate surface area is 116 Å². The van der Waals surface area contributed by atoms with E-state index in [-0.39, 0.29) is 5.91 Å². The predicted octanol–water partition coefficient (Wildman–Crippen LogP) is 2.20. The van der Waals surface area contributed by atoms with Crippen LogP contribution < -0.4 is 5.32 Å². The Kier molecular flexibility index (Phi) is 3.16. The standard InChI is InChI=1S/C15H14N4O/c1-10-18-13-6-5-11(8-14(13)19-10)15(20)17-9-12-4-2-3-7-16-12/h2-8H,9H2,1H3,(H,17,20)(H,18,19). The molecule has 0 saturated carbocycles. The summed E-state index contributed by atoms with van der Waals surface area (Å²) in [5.74, 6) is 0.712. The summed E-state index contributed by atoms with van der Waals surface area (Å²) in [5.41, 5.74) is 3.16. The molecule has 2 heterocycles. The highest BCUT2D eigenvalue weighted by atomic mass is 16.1. The zero-order valence-electron chi connectivity index (χ0n) is 11.1. The number of aromatic nitrogens is 3. The fourth-order valence-electron chi connectivity index (χ4n) is 2.05. The van der Waals surface area contributed by atoms with Gasteiger partial charge in [-0.05, 0) is 37.3 Å². The summed E-state index contributed by atoms with van der Waals surface area (Å²) in [4.78, 5) is 23.7. The van der Waals surface area contributed by atoms with E-state index in [4.69, 9.17) is 0 Å². The second-order valence-electron chi connectivity index (χ2n) is 4.56. The van der Waals surface area contributed by atoms with Gasteiger partial charge in [0.1, 0.15) is 5.82 Å². The van der Waals surface area contributed by atoms with Crippen molar-refractivity contribution in [3.63, 3.8) is 0 Å². The first kappa shape index (κ1) is 12.3. The number of fused-ring (bicyclic) bond motifs is 1. The van der Waals surface area contributed by atoms with Crippen LogP contribution in [0.5, 0.6) is 0 Å². The van der Waals surface area contributed by atoms with Gasteiger partial charge in [0, 0.05) is 11.8 Å². The van der Waals surface area contributed by atoms with E-state index >= 15 is 0 Å². The lowest BCUT2D eigenvalue weighted by molar-refractivity contribution is 0.0950. The van der Waals surface area contributed by atoms with Gasteiger partial charge >= 0.3 is 0 Å². The van der Waals surface area contributed by atoms with Crippen molar-refractivity contribution in [2.45, 2.75) is 13.5 Å². The SMILES string of the molecule is Cc1nc2cc(C(=O)NCc3ccccn3)ccc2[nH]1. The van der Waals surface area contributed by atoms with Crippen LogP contribution in [0.3, 0.4) is 0 Å². The Bertz CT molecular complexity index is 749. The van der Waals surface area contributed by atoms with Crippen molar-refractivity contribution in [3.8, 4) is 0 Å². The largest absolute Gasteiger partial charge is 0.346 e. The lowest BCUT2D eigenvalue weighted by Crippen LogP contribution is -2.23. The molecule has 3 rings (SSSR count). The molecular formula is C15H14N4O. The fourth-order valence-corrected chi connectivity index (χ4v) is 2.05. The molecule has 0 saturated heterocycles. The maximum absolute atomic E-state index is 12.1. The minimum absolute atomic E-state index is 0.127. The molecule has 20 heavy (non-hydrogen) atoms. The summed E-state index contributed by atoms with van der Waals surface area (Å²) in [7, 11) is 0. The monoisotopic (exact) mass is 266 g/mol. The van der Waals surface area contributed by atoms with E-state index in [2.05, 4.69) is 20.3 Å². The summed E-state index contributed by atoms with van der Waals surface area (Å²) in [6.07, 6.45) is 1.71. The summed E-state index contributed by atoms with van der Waals surface area (Å²) in [6.45, 7) is 2.30. The number of aromatic amines is 1. The molecule has 0 aliphatic rings. The van der Waals surface area contributed by atoms with Crippen molar-refractivity contribution in [2.75, 3.05) is 0 Å². The van der Waals surface area contributed by atoms with Gasteiger partial charge in [-0.2, -0.15) is 0 Å². The average molecular weight is 266 g/mol. The van der Waals surface area contributed by atoms with E-state index in [1.54, 1.807) is 18.3 Å². The van der Waals surface area contributed by atoms with Crippen LogP contribution in [0.1, 0.15) is 21.9 Å². The normalized spacial score (nSPS) is 10.7. The van der Waals surface area contributed by atoms with E-state index in [1.807, 2.05) is 31.2 Å². The number of H-pyrrole nitrogens is 1. The molecule has 0 aliphatic heterocycles. The third-order valence-electron chi connectivity index (χ3n) is 3.02. The van der Waals surface area contributed by atoms with Gasteiger partial charge in [-0.25, -0.2) is 4.98 Å². The van der Waals surface area contributed by atoms with Crippen LogP contribution in [0.2, 0.25) is 0 Å². The Morgan fingerprint density at radius 2 is 2.20 bits per heavy atom. The van der Waals surface area contributed by atoms with Gasteiger partial charge in [0.05, 0.1) is 23.3 Å². The number of carbonyl (C=O) groups excluding carboxylic acids is 1. The number of hydrogen-bond donors (Lipinski definition) is 2. The second kappa shape index (κ2) is 5.13. The van der Waals surface area contributed by atoms with Crippen molar-refractivity contribution in [1.29, 1.82) is 0 Å². The van der Waals surface area contributed by atoms with Crippen LogP contribution in [0.4, 0.5) is 0 Å². The molecule has 2 aromatic heterocycles. The van der Waals surface area contributed by atoms with Crippen molar-refractivity contribution >= 4 is 16.9 Å². The lowest BCUT2D eigenvalue weighted by atomic mass is 10.2. The number of rotatable bonds is 3. The van der Waals surface area contributed by atoms with E-state index in [0.29, 0.717) is 12.1 Å². The summed E-state index contributed by atoms with van der Waals surface area (Å²) < 4.78 is 0.